The third kappa shape index (κ3) is 5.40. The van der Waals surface area contributed by atoms with Gasteiger partial charge in [0.2, 0.25) is 0 Å². The van der Waals surface area contributed by atoms with Crippen LogP contribution in [0, 0.1) is 0 Å². The van der Waals surface area contributed by atoms with Gasteiger partial charge >= 0.3 is 230 Å². The van der Waals surface area contributed by atoms with E-state index >= 15 is 0 Å². The molecule has 0 bridgehead atoms. The zero-order chi connectivity index (χ0) is 24.9. The first-order valence-electron chi connectivity index (χ1n) is 14.6. The Morgan fingerprint density at radius 2 is 0.973 bits per heavy atom. The fourth-order valence-corrected chi connectivity index (χ4v) is 15.1. The maximum absolute atomic E-state index is 7.47. The molecule has 4 aliphatic rings. The van der Waals surface area contributed by atoms with Crippen LogP contribution in [0.3, 0.4) is 0 Å². The predicted molar refractivity (Wildman–Crippen MR) is 149 cm³/mol. The molecular weight excluding hydrogens is 532 g/mol. The zero-order valence-electron chi connectivity index (χ0n) is 22.0. The van der Waals surface area contributed by atoms with Crippen molar-refractivity contribution in [3.8, 4) is 11.5 Å². The van der Waals surface area contributed by atoms with Crippen molar-refractivity contribution in [2.45, 2.75) is 88.9 Å². The van der Waals surface area contributed by atoms with Crippen LogP contribution in [0.4, 0.5) is 0 Å². The number of allylic oxidation sites excluding steroid dienone is 8. The Hall–Kier alpha value is -2.12. The minimum absolute atomic E-state index is 0.592. The van der Waals surface area contributed by atoms with E-state index in [1.54, 1.807) is 0 Å². The summed E-state index contributed by atoms with van der Waals surface area (Å²) in [6.07, 6.45) is 28.5. The van der Waals surface area contributed by atoms with Crippen LogP contribution in [0.2, 0.25) is 0 Å². The Labute approximate surface area is 228 Å². The van der Waals surface area contributed by atoms with Gasteiger partial charge in [0.15, 0.2) is 0 Å². The Kier molecular flexibility index (Phi) is 7.98. The van der Waals surface area contributed by atoms with E-state index in [0.29, 0.717) is 11.8 Å². The summed E-state index contributed by atoms with van der Waals surface area (Å²) in [6.45, 7) is 0. The average molecular weight is 572 g/mol. The van der Waals surface area contributed by atoms with Crippen LogP contribution < -0.4 is 5.63 Å². The summed E-state index contributed by atoms with van der Waals surface area (Å²) in [7, 11) is 0. The molecule has 0 N–H and O–H groups in total. The average Bonchev–Trinajstić information content (AvgIpc) is 3.70. The number of hydrogen-bond acceptors (Lipinski definition) is 2. The van der Waals surface area contributed by atoms with E-state index in [2.05, 4.69) is 85.0 Å². The standard InChI is InChI=1S/2C12H16O.2C5H5.Zr/c2*13-12-9-5-4-8-11(12)10-6-2-1-3-7-10;2*1-2-4-5-3-1;/h2*4-5,8-10,13H,1-3,6-7H2;2*1-3H,4H2;/q;;;;+2/p-2. The van der Waals surface area contributed by atoms with E-state index in [1.807, 2.05) is 0 Å². The fourth-order valence-electron chi connectivity index (χ4n) is 6.83. The molecular formula is C34H40O2Zr. The second-order valence-corrected chi connectivity index (χ2v) is 18.4. The van der Waals surface area contributed by atoms with Crippen LogP contribution in [0.5, 0.6) is 11.5 Å². The molecule has 192 valence electrons. The molecule has 2 saturated carbocycles. The molecule has 2 aromatic rings. The van der Waals surface area contributed by atoms with Crippen molar-refractivity contribution < 1.29 is 26.8 Å². The van der Waals surface area contributed by atoms with Gasteiger partial charge in [0.05, 0.1) is 0 Å². The quantitative estimate of drug-likeness (QED) is 0.314. The number of para-hydroxylation sites is 2. The number of rotatable bonds is 8. The summed E-state index contributed by atoms with van der Waals surface area (Å²) >= 11 is -4.05. The molecule has 0 saturated heterocycles. The summed E-state index contributed by atoms with van der Waals surface area (Å²) in [6, 6.07) is 17.8. The molecule has 6 rings (SSSR count). The Bertz CT molecular complexity index is 1110. The Morgan fingerprint density at radius 1 is 0.541 bits per heavy atom. The molecule has 0 spiro atoms. The molecule has 0 unspecified atom stereocenters. The molecule has 4 aliphatic carbocycles. The molecule has 0 amide bonds. The number of benzene rings is 2. The van der Waals surface area contributed by atoms with Gasteiger partial charge in [0.25, 0.3) is 0 Å². The molecule has 0 aliphatic heterocycles. The van der Waals surface area contributed by atoms with Crippen molar-refractivity contribution in [1.82, 2.24) is 0 Å². The van der Waals surface area contributed by atoms with Crippen molar-refractivity contribution in [2.24, 2.45) is 0 Å². The normalized spacial score (nSPS) is 20.6. The van der Waals surface area contributed by atoms with Crippen LogP contribution in [0.25, 0.3) is 0 Å². The summed E-state index contributed by atoms with van der Waals surface area (Å²) in [5.74, 6) is 3.33. The summed E-state index contributed by atoms with van der Waals surface area (Å²) in [4.78, 5) is 0. The zero-order valence-corrected chi connectivity index (χ0v) is 24.5. The SMILES string of the molecule is C1=CC[C]([Zr]([O]c2ccccc2C2CCCCC2)([O]c2ccccc2C2CCCCC2)[C]2=CC=CC2)=C1. The van der Waals surface area contributed by atoms with E-state index in [9.17, 15) is 0 Å². The second-order valence-electron chi connectivity index (χ2n) is 11.2. The molecule has 2 aromatic carbocycles. The fraction of sp³-hybridized carbons (Fsp3) is 0.412. The molecule has 0 heterocycles. The first kappa shape index (κ1) is 25.2. The van der Waals surface area contributed by atoms with E-state index in [0.717, 1.165) is 24.3 Å². The monoisotopic (exact) mass is 570 g/mol. The van der Waals surface area contributed by atoms with Gasteiger partial charge < -0.3 is 0 Å². The minimum atomic E-state index is -4.05. The van der Waals surface area contributed by atoms with Crippen molar-refractivity contribution in [3.63, 3.8) is 0 Å². The topological polar surface area (TPSA) is 18.5 Å². The molecule has 2 nitrogen and oxygen atoms in total. The summed E-state index contributed by atoms with van der Waals surface area (Å²) in [5.41, 5.74) is 2.79. The van der Waals surface area contributed by atoms with Gasteiger partial charge in [-0.3, -0.25) is 0 Å². The third-order valence-electron chi connectivity index (χ3n) is 8.82. The van der Waals surface area contributed by atoms with Crippen LogP contribution >= 0.6 is 0 Å². The molecule has 3 heteroatoms. The number of hydrogen-bond donors (Lipinski definition) is 0. The van der Waals surface area contributed by atoms with Gasteiger partial charge in [0, 0.05) is 0 Å². The van der Waals surface area contributed by atoms with Crippen LogP contribution in [0.15, 0.2) is 91.5 Å². The van der Waals surface area contributed by atoms with Gasteiger partial charge in [-0.2, -0.15) is 0 Å². The van der Waals surface area contributed by atoms with Crippen LogP contribution in [-0.2, 0) is 21.1 Å². The van der Waals surface area contributed by atoms with Crippen molar-refractivity contribution in [1.29, 1.82) is 0 Å². The molecule has 2 fully saturated rings. The van der Waals surface area contributed by atoms with E-state index in [4.69, 9.17) is 5.63 Å². The van der Waals surface area contributed by atoms with Gasteiger partial charge in [0.1, 0.15) is 0 Å². The van der Waals surface area contributed by atoms with E-state index in [1.165, 1.54) is 81.9 Å². The van der Waals surface area contributed by atoms with Crippen LogP contribution in [0.1, 0.15) is 100 Å². The first-order chi connectivity index (χ1) is 18.3. The van der Waals surface area contributed by atoms with E-state index < -0.39 is 21.1 Å². The van der Waals surface area contributed by atoms with Crippen molar-refractivity contribution >= 4 is 0 Å². The van der Waals surface area contributed by atoms with Gasteiger partial charge in [-0.15, -0.1) is 0 Å². The second kappa shape index (κ2) is 11.7. The molecule has 0 atom stereocenters. The first-order valence-corrected chi connectivity index (χ1v) is 19.1. The Morgan fingerprint density at radius 3 is 1.38 bits per heavy atom. The molecule has 37 heavy (non-hydrogen) atoms. The maximum atomic E-state index is 7.47. The summed E-state index contributed by atoms with van der Waals surface area (Å²) in [5, 5.41) is 0. The predicted octanol–water partition coefficient (Wildman–Crippen LogP) is 9.91. The van der Waals surface area contributed by atoms with Gasteiger partial charge in [-0.25, -0.2) is 0 Å². The van der Waals surface area contributed by atoms with Crippen molar-refractivity contribution in [2.75, 3.05) is 0 Å². The third-order valence-corrected chi connectivity index (χ3v) is 17.3. The molecule has 0 radical (unpaired) electrons. The molecule has 0 aromatic heterocycles. The Balaban J connectivity index is 1.43. The van der Waals surface area contributed by atoms with Gasteiger partial charge in [-0.05, 0) is 0 Å². The summed E-state index contributed by atoms with van der Waals surface area (Å²) < 4.78 is 17.7. The van der Waals surface area contributed by atoms with Gasteiger partial charge in [-0.1, -0.05) is 0 Å². The van der Waals surface area contributed by atoms with E-state index in [-0.39, 0.29) is 0 Å². The van der Waals surface area contributed by atoms with Crippen molar-refractivity contribution in [3.05, 3.63) is 103 Å². The van der Waals surface area contributed by atoms with Crippen LogP contribution in [-0.4, -0.2) is 0 Å².